The van der Waals surface area contributed by atoms with E-state index in [9.17, 15) is 4.79 Å². The zero-order chi connectivity index (χ0) is 20.2. The number of hydrogen-bond donors (Lipinski definition) is 0. The molecule has 1 aliphatic heterocycles. The Balaban J connectivity index is 1.64. The molecule has 9 heteroatoms. The third-order valence-electron chi connectivity index (χ3n) is 5.04. The lowest BCUT2D eigenvalue weighted by molar-refractivity contribution is 0.0391. The highest BCUT2D eigenvalue weighted by Crippen LogP contribution is 2.32. The first-order chi connectivity index (χ1) is 14.2. The highest BCUT2D eigenvalue weighted by molar-refractivity contribution is 7.22. The number of hydrogen-bond acceptors (Lipinski definition) is 7. The van der Waals surface area contributed by atoms with E-state index in [-0.39, 0.29) is 5.91 Å². The first-order valence-corrected chi connectivity index (χ1v) is 10.6. The number of methoxy groups -OCH3 is 1. The average molecular weight is 416 g/mol. The van der Waals surface area contributed by atoms with Gasteiger partial charge in [0.25, 0.3) is 5.91 Å². The Morgan fingerprint density at radius 3 is 2.90 bits per heavy atom. The number of ether oxygens (including phenoxy) is 2. The second-order valence-electron chi connectivity index (χ2n) is 6.77. The normalized spacial score (nSPS) is 15.0. The zero-order valence-corrected chi connectivity index (χ0v) is 17.5. The van der Waals surface area contributed by atoms with E-state index in [1.54, 1.807) is 29.0 Å². The fourth-order valence-electron chi connectivity index (χ4n) is 3.39. The Morgan fingerprint density at radius 1 is 1.31 bits per heavy atom. The summed E-state index contributed by atoms with van der Waals surface area (Å²) in [6.45, 7) is 7.18. The third-order valence-corrected chi connectivity index (χ3v) is 6.10. The number of nitrogens with zero attached hydrogens (tertiary/aromatic N) is 5. The summed E-state index contributed by atoms with van der Waals surface area (Å²) >= 11 is 1.52. The summed E-state index contributed by atoms with van der Waals surface area (Å²) in [4.78, 5) is 22.3. The summed E-state index contributed by atoms with van der Waals surface area (Å²) in [5.41, 5.74) is 1.41. The summed E-state index contributed by atoms with van der Waals surface area (Å²) in [5.74, 6) is 0.674. The molecule has 154 valence electrons. The van der Waals surface area contributed by atoms with Crippen molar-refractivity contribution in [3.8, 4) is 5.75 Å². The number of benzene rings is 1. The fraction of sp³-hybridized carbons (Fsp3) is 0.450. The molecule has 0 unspecified atom stereocenters. The van der Waals surface area contributed by atoms with Crippen LogP contribution in [0.15, 0.2) is 30.5 Å². The van der Waals surface area contributed by atoms with Gasteiger partial charge in [0.1, 0.15) is 11.4 Å². The lowest BCUT2D eigenvalue weighted by atomic mass is 10.3. The third kappa shape index (κ3) is 4.26. The molecular formula is C20H25N5O3S. The first-order valence-electron chi connectivity index (χ1n) is 9.78. The van der Waals surface area contributed by atoms with Crippen LogP contribution >= 0.6 is 11.3 Å². The molecule has 0 atom stereocenters. The molecule has 0 N–H and O–H groups in total. The smallest absolute Gasteiger partial charge is 0.278 e. The number of aromatic nitrogens is 3. The zero-order valence-electron chi connectivity index (χ0n) is 16.7. The van der Waals surface area contributed by atoms with E-state index in [0.717, 1.165) is 48.8 Å². The lowest BCUT2D eigenvalue weighted by Gasteiger charge is -2.29. The van der Waals surface area contributed by atoms with Gasteiger partial charge in [-0.2, -0.15) is 5.10 Å². The van der Waals surface area contributed by atoms with Gasteiger partial charge < -0.3 is 9.47 Å². The second kappa shape index (κ2) is 8.89. The molecular weight excluding hydrogens is 390 g/mol. The van der Waals surface area contributed by atoms with Gasteiger partial charge in [0.05, 0.1) is 30.5 Å². The van der Waals surface area contributed by atoms with Crippen LogP contribution in [-0.4, -0.2) is 72.1 Å². The molecule has 4 rings (SSSR count). The minimum absolute atomic E-state index is 0.0800. The number of rotatable bonds is 7. The van der Waals surface area contributed by atoms with Crippen molar-refractivity contribution >= 4 is 32.6 Å². The van der Waals surface area contributed by atoms with Gasteiger partial charge >= 0.3 is 0 Å². The van der Waals surface area contributed by atoms with Gasteiger partial charge in [-0.25, -0.2) is 4.98 Å². The molecule has 3 aromatic rings. The van der Waals surface area contributed by atoms with Crippen LogP contribution in [-0.2, 0) is 11.3 Å². The van der Waals surface area contributed by atoms with E-state index in [4.69, 9.17) is 14.5 Å². The summed E-state index contributed by atoms with van der Waals surface area (Å²) in [7, 11) is 1.64. The van der Waals surface area contributed by atoms with Crippen molar-refractivity contribution in [1.82, 2.24) is 19.7 Å². The van der Waals surface area contributed by atoms with Crippen molar-refractivity contribution in [3.63, 3.8) is 0 Å². The van der Waals surface area contributed by atoms with Crippen LogP contribution in [0.3, 0.4) is 0 Å². The van der Waals surface area contributed by atoms with Gasteiger partial charge in [-0.05, 0) is 25.1 Å². The monoisotopic (exact) mass is 415 g/mol. The van der Waals surface area contributed by atoms with E-state index in [0.29, 0.717) is 23.9 Å². The molecule has 1 fully saturated rings. The fourth-order valence-corrected chi connectivity index (χ4v) is 4.36. The number of thiazole rings is 1. The van der Waals surface area contributed by atoms with Crippen molar-refractivity contribution < 1.29 is 14.3 Å². The molecule has 1 amide bonds. The van der Waals surface area contributed by atoms with Gasteiger partial charge in [-0.15, -0.1) is 0 Å². The van der Waals surface area contributed by atoms with Crippen molar-refractivity contribution in [3.05, 3.63) is 36.2 Å². The number of morpholine rings is 1. The topological polar surface area (TPSA) is 72.7 Å². The molecule has 1 aliphatic rings. The number of amides is 1. The van der Waals surface area contributed by atoms with Crippen molar-refractivity contribution in [2.45, 2.75) is 13.5 Å². The maximum Gasteiger partial charge on any atom is 0.278 e. The molecule has 8 nitrogen and oxygen atoms in total. The molecule has 1 saturated heterocycles. The van der Waals surface area contributed by atoms with Crippen LogP contribution < -0.4 is 9.64 Å². The molecule has 0 aliphatic carbocycles. The molecule has 0 saturated carbocycles. The standard InChI is InChI=1S/C20H25N5O3S/c1-3-25-17(6-7-21-25)19(26)24(9-8-23-10-12-28-13-11-23)20-22-16-14-15(27-2)4-5-18(16)29-20/h4-7,14H,3,8-13H2,1-2H3. The first kappa shape index (κ1) is 19.8. The number of aryl methyl sites for hydroxylation is 1. The van der Waals surface area contributed by atoms with E-state index in [2.05, 4.69) is 10.00 Å². The van der Waals surface area contributed by atoms with E-state index in [1.165, 1.54) is 11.3 Å². The predicted molar refractivity (Wildman–Crippen MR) is 113 cm³/mol. The average Bonchev–Trinajstić information content (AvgIpc) is 3.40. The van der Waals surface area contributed by atoms with Crippen molar-refractivity contribution in [2.75, 3.05) is 51.4 Å². The second-order valence-corrected chi connectivity index (χ2v) is 7.78. The molecule has 3 heterocycles. The minimum Gasteiger partial charge on any atom is -0.497 e. The summed E-state index contributed by atoms with van der Waals surface area (Å²) in [5, 5.41) is 4.95. The van der Waals surface area contributed by atoms with E-state index >= 15 is 0 Å². The summed E-state index contributed by atoms with van der Waals surface area (Å²) in [6, 6.07) is 7.56. The molecule has 1 aromatic carbocycles. The van der Waals surface area contributed by atoms with Crippen molar-refractivity contribution in [2.24, 2.45) is 0 Å². The maximum atomic E-state index is 13.4. The van der Waals surface area contributed by atoms with Crippen LogP contribution in [0.1, 0.15) is 17.4 Å². The Labute approximate surface area is 173 Å². The summed E-state index contributed by atoms with van der Waals surface area (Å²) < 4.78 is 13.5. The molecule has 0 bridgehead atoms. The lowest BCUT2D eigenvalue weighted by Crippen LogP contribution is -2.43. The Morgan fingerprint density at radius 2 is 2.14 bits per heavy atom. The Kier molecular flexibility index (Phi) is 6.08. The van der Waals surface area contributed by atoms with Gasteiger partial charge in [-0.3, -0.25) is 19.3 Å². The Bertz CT molecular complexity index is 980. The molecule has 0 radical (unpaired) electrons. The molecule has 29 heavy (non-hydrogen) atoms. The van der Waals surface area contributed by atoms with E-state index in [1.807, 2.05) is 25.1 Å². The molecule has 0 spiro atoms. The van der Waals surface area contributed by atoms with Gasteiger partial charge in [0.2, 0.25) is 0 Å². The Hall–Kier alpha value is -2.49. The van der Waals surface area contributed by atoms with Gasteiger partial charge in [0.15, 0.2) is 5.13 Å². The highest BCUT2D eigenvalue weighted by atomic mass is 32.1. The van der Waals surface area contributed by atoms with Crippen LogP contribution in [0.4, 0.5) is 5.13 Å². The highest BCUT2D eigenvalue weighted by Gasteiger charge is 2.25. The number of carbonyl (C=O) groups is 1. The van der Waals surface area contributed by atoms with Crippen LogP contribution in [0, 0.1) is 0 Å². The SMILES string of the molecule is CCn1nccc1C(=O)N(CCN1CCOCC1)c1nc2cc(OC)ccc2s1. The van der Waals surface area contributed by atoms with Gasteiger partial charge in [-0.1, -0.05) is 11.3 Å². The number of fused-ring (bicyclic) bond motifs is 1. The van der Waals surface area contributed by atoms with Gasteiger partial charge in [0, 0.05) is 45.0 Å². The van der Waals surface area contributed by atoms with Crippen LogP contribution in [0.25, 0.3) is 10.2 Å². The maximum absolute atomic E-state index is 13.4. The van der Waals surface area contributed by atoms with Crippen molar-refractivity contribution in [1.29, 1.82) is 0 Å². The van der Waals surface area contributed by atoms with Crippen LogP contribution in [0.5, 0.6) is 5.75 Å². The van der Waals surface area contributed by atoms with E-state index < -0.39 is 0 Å². The summed E-state index contributed by atoms with van der Waals surface area (Å²) in [6.07, 6.45) is 1.67. The number of carbonyl (C=O) groups excluding carboxylic acids is 1. The predicted octanol–water partition coefficient (Wildman–Crippen LogP) is 2.50. The largest absolute Gasteiger partial charge is 0.497 e. The number of anilines is 1. The minimum atomic E-state index is -0.0800. The quantitative estimate of drug-likeness (QED) is 0.590. The molecule has 2 aromatic heterocycles. The van der Waals surface area contributed by atoms with Crippen LogP contribution in [0.2, 0.25) is 0 Å².